The maximum atomic E-state index is 14.1. The van der Waals surface area contributed by atoms with E-state index in [1.807, 2.05) is 4.72 Å². The van der Waals surface area contributed by atoms with E-state index in [1.54, 1.807) is 0 Å². The molecule has 0 saturated heterocycles. The molecule has 4 rings (SSSR count). The largest absolute Gasteiger partial charge is 0.386 e. The molecule has 14 heteroatoms. The zero-order valence-corrected chi connectivity index (χ0v) is 19.8. The Hall–Kier alpha value is -3.29. The van der Waals surface area contributed by atoms with Crippen LogP contribution in [0.15, 0.2) is 56.3 Å². The lowest BCUT2D eigenvalue weighted by molar-refractivity contribution is 0.256. The van der Waals surface area contributed by atoms with Crippen LogP contribution in [0.5, 0.6) is 0 Å². The number of sulfonamides is 1. The molecule has 3 aromatic rings. The number of alkyl halides is 1. The second-order valence-electron chi connectivity index (χ2n) is 7.09. The maximum absolute atomic E-state index is 14.1. The van der Waals surface area contributed by atoms with Crippen LogP contribution in [0.25, 0.3) is 16.6 Å². The third kappa shape index (κ3) is 4.67. The van der Waals surface area contributed by atoms with Gasteiger partial charge in [-0.2, -0.15) is 0 Å². The lowest BCUT2D eigenvalue weighted by atomic mass is 10.2. The lowest BCUT2D eigenvalue weighted by Crippen LogP contribution is -2.34. The number of H-pyrrole nitrogens is 1. The number of thioether (sulfide) groups is 1. The van der Waals surface area contributed by atoms with E-state index in [4.69, 9.17) is 11.6 Å². The fourth-order valence-corrected chi connectivity index (χ4v) is 6.13. The molecule has 0 spiro atoms. The summed E-state index contributed by atoms with van der Waals surface area (Å²) in [5, 5.41) is 4.97. The fraction of sp³-hybridized carbons (Fsp3) is 0.150. The molecule has 1 aliphatic heterocycles. The van der Waals surface area contributed by atoms with Gasteiger partial charge in [0.15, 0.2) is 0 Å². The summed E-state index contributed by atoms with van der Waals surface area (Å²) >= 11 is 6.80. The number of aromatic nitrogens is 2. The summed E-state index contributed by atoms with van der Waals surface area (Å²) in [6.45, 7) is 0. The number of rotatable bonds is 5. The van der Waals surface area contributed by atoms with Gasteiger partial charge in [0.05, 0.1) is 27.0 Å². The molecule has 178 valence electrons. The zero-order valence-electron chi connectivity index (χ0n) is 17.4. The van der Waals surface area contributed by atoms with Crippen molar-refractivity contribution in [2.24, 2.45) is 0 Å². The smallest absolute Gasteiger partial charge is 0.333 e. The Kier molecular flexibility index (Phi) is 6.43. The van der Waals surface area contributed by atoms with Crippen LogP contribution in [0.1, 0.15) is 6.42 Å². The summed E-state index contributed by atoms with van der Waals surface area (Å²) in [7, 11) is -2.54. The molecule has 0 fully saturated rings. The summed E-state index contributed by atoms with van der Waals surface area (Å²) in [5.74, 6) is -0.653. The Morgan fingerprint density at radius 3 is 2.56 bits per heavy atom. The average Bonchev–Trinajstić information content (AvgIpc) is 3.22. The number of hydrogen-bond acceptors (Lipinski definition) is 7. The summed E-state index contributed by atoms with van der Waals surface area (Å²) in [6, 6.07) is 6.85. The van der Waals surface area contributed by atoms with Gasteiger partial charge >= 0.3 is 11.7 Å². The molecular formula is C20H17ClFN5O5S2. The third-order valence-corrected chi connectivity index (χ3v) is 8.23. The van der Waals surface area contributed by atoms with Crippen molar-refractivity contribution >= 4 is 61.7 Å². The Morgan fingerprint density at radius 1 is 1.24 bits per heavy atom. The Labute approximate surface area is 201 Å². The number of nitrogens with one attached hydrogen (secondary N) is 4. The summed E-state index contributed by atoms with van der Waals surface area (Å²) in [5.41, 5.74) is -0.814. The van der Waals surface area contributed by atoms with Crippen LogP contribution in [-0.4, -0.2) is 35.8 Å². The highest BCUT2D eigenvalue weighted by Gasteiger charge is 2.27. The maximum Gasteiger partial charge on any atom is 0.333 e. The Balaban J connectivity index is 1.56. The van der Waals surface area contributed by atoms with Gasteiger partial charge in [0, 0.05) is 12.7 Å². The van der Waals surface area contributed by atoms with Gasteiger partial charge in [-0.15, -0.1) is 11.6 Å². The molecule has 1 aliphatic rings. The number of nitrogens with zero attached hydrogens (tertiary/aromatic N) is 1. The van der Waals surface area contributed by atoms with Crippen LogP contribution in [-0.2, 0) is 10.0 Å². The van der Waals surface area contributed by atoms with Crippen LogP contribution < -0.4 is 26.6 Å². The number of benzene rings is 2. The summed E-state index contributed by atoms with van der Waals surface area (Å²) in [6.07, 6.45) is 1.79. The number of hydrogen-bond donors (Lipinski definition) is 4. The van der Waals surface area contributed by atoms with Gasteiger partial charge in [0.25, 0.3) is 15.6 Å². The quantitative estimate of drug-likeness (QED) is 0.375. The van der Waals surface area contributed by atoms with E-state index in [-0.39, 0.29) is 32.2 Å². The standard InChI is InChI=1S/C20H17ClFN5O5S2/c1-23-15-9-14-12(8-13(15)22)18(28)27(20(30)25-14)11-4-2-10(3-5-11)24-19(29)26-34(31,32)17-7-6-16(21)33-17/h2-5,7-9,16,23H,6H2,1H3,(H,25,30)(H2,24,26,29). The van der Waals surface area contributed by atoms with Crippen molar-refractivity contribution in [3.8, 4) is 5.69 Å². The fourth-order valence-electron chi connectivity index (χ4n) is 3.27. The first-order valence-electron chi connectivity index (χ1n) is 9.70. The number of amides is 2. The molecule has 2 aromatic carbocycles. The minimum atomic E-state index is -4.05. The number of halogens is 2. The van der Waals surface area contributed by atoms with Gasteiger partial charge in [-0.3, -0.25) is 4.79 Å². The highest BCUT2D eigenvalue weighted by Crippen LogP contribution is 2.37. The minimum Gasteiger partial charge on any atom is -0.386 e. The molecule has 1 unspecified atom stereocenters. The number of anilines is 2. The van der Waals surface area contributed by atoms with Crippen LogP contribution in [0.2, 0.25) is 0 Å². The van der Waals surface area contributed by atoms with Crippen molar-refractivity contribution in [3.05, 3.63) is 73.4 Å². The lowest BCUT2D eigenvalue weighted by Gasteiger charge is -2.11. The molecule has 2 amide bonds. The van der Waals surface area contributed by atoms with E-state index in [1.165, 1.54) is 43.5 Å². The first kappa shape index (κ1) is 23.9. The molecule has 0 saturated carbocycles. The van der Waals surface area contributed by atoms with Gasteiger partial charge in [-0.1, -0.05) is 17.8 Å². The first-order chi connectivity index (χ1) is 16.1. The van der Waals surface area contributed by atoms with Crippen LogP contribution >= 0.6 is 23.4 Å². The second kappa shape index (κ2) is 9.16. The molecule has 4 N–H and O–H groups in total. The van der Waals surface area contributed by atoms with Crippen LogP contribution in [0.4, 0.5) is 20.6 Å². The van der Waals surface area contributed by atoms with Crippen molar-refractivity contribution in [3.63, 3.8) is 0 Å². The first-order valence-corrected chi connectivity index (χ1v) is 12.5. The van der Waals surface area contributed by atoms with Crippen LogP contribution in [0.3, 0.4) is 0 Å². The van der Waals surface area contributed by atoms with Crippen molar-refractivity contribution in [1.82, 2.24) is 14.3 Å². The van der Waals surface area contributed by atoms with E-state index < -0.39 is 37.8 Å². The van der Waals surface area contributed by atoms with Gasteiger partial charge < -0.3 is 15.6 Å². The SMILES string of the molecule is CNc1cc2[nH]c(=O)n(-c3ccc(NC(=O)NS(=O)(=O)C4=CCC(Cl)S4)cc3)c(=O)c2cc1F. The monoisotopic (exact) mass is 525 g/mol. The molecule has 0 bridgehead atoms. The predicted octanol–water partition coefficient (Wildman–Crippen LogP) is 2.85. The van der Waals surface area contributed by atoms with Crippen molar-refractivity contribution in [2.45, 2.75) is 11.1 Å². The molecule has 34 heavy (non-hydrogen) atoms. The van der Waals surface area contributed by atoms with Gasteiger partial charge in [-0.25, -0.2) is 31.7 Å². The molecule has 0 aliphatic carbocycles. The van der Waals surface area contributed by atoms with E-state index >= 15 is 0 Å². The molecule has 1 atom stereocenters. The van der Waals surface area contributed by atoms with Gasteiger partial charge in [0.1, 0.15) is 10.1 Å². The van der Waals surface area contributed by atoms with E-state index in [0.29, 0.717) is 6.42 Å². The number of urea groups is 1. The summed E-state index contributed by atoms with van der Waals surface area (Å²) < 4.78 is 40.9. The molecule has 10 nitrogen and oxygen atoms in total. The van der Waals surface area contributed by atoms with Gasteiger partial charge in [-0.05, 0) is 42.8 Å². The van der Waals surface area contributed by atoms with E-state index in [0.717, 1.165) is 22.4 Å². The van der Waals surface area contributed by atoms with Crippen molar-refractivity contribution < 1.29 is 17.6 Å². The number of carbonyl (C=O) groups excluding carboxylic acids is 1. The highest BCUT2D eigenvalue weighted by atomic mass is 35.5. The average molecular weight is 526 g/mol. The molecule has 2 heterocycles. The minimum absolute atomic E-state index is 0.0267. The Morgan fingerprint density at radius 2 is 1.94 bits per heavy atom. The predicted molar refractivity (Wildman–Crippen MR) is 131 cm³/mol. The number of fused-ring (bicyclic) bond motifs is 1. The van der Waals surface area contributed by atoms with E-state index in [2.05, 4.69) is 15.6 Å². The van der Waals surface area contributed by atoms with E-state index in [9.17, 15) is 27.2 Å². The van der Waals surface area contributed by atoms with Crippen molar-refractivity contribution in [2.75, 3.05) is 17.7 Å². The highest BCUT2D eigenvalue weighted by molar-refractivity contribution is 8.19. The Bertz CT molecular complexity index is 1550. The second-order valence-corrected chi connectivity index (χ2v) is 11.0. The normalized spacial score (nSPS) is 15.7. The topological polar surface area (TPSA) is 142 Å². The molecule has 0 radical (unpaired) electrons. The molecular weight excluding hydrogens is 509 g/mol. The molecule has 1 aromatic heterocycles. The van der Waals surface area contributed by atoms with Crippen molar-refractivity contribution in [1.29, 1.82) is 0 Å². The zero-order chi connectivity index (χ0) is 24.6. The number of carbonyl (C=O) groups is 1. The van der Waals surface area contributed by atoms with Crippen LogP contribution in [0, 0.1) is 5.82 Å². The number of aromatic amines is 1. The summed E-state index contributed by atoms with van der Waals surface area (Å²) in [4.78, 5) is 40.1. The van der Waals surface area contributed by atoms with Gasteiger partial charge in [0.2, 0.25) is 0 Å². The number of allylic oxidation sites excluding steroid dienone is 1. The third-order valence-electron chi connectivity index (χ3n) is 4.84.